The largest absolute Gasteiger partial charge is 0.387 e. The fourth-order valence-corrected chi connectivity index (χ4v) is 7.65. The molecule has 2 unspecified atom stereocenters. The van der Waals surface area contributed by atoms with Crippen molar-refractivity contribution in [3.05, 3.63) is 141 Å². The Morgan fingerprint density at radius 1 is 0.647 bits per heavy atom. The highest BCUT2D eigenvalue weighted by Crippen LogP contribution is 2.27. The third-order valence-corrected chi connectivity index (χ3v) is 10.7. The van der Waals surface area contributed by atoms with E-state index in [1.54, 1.807) is 7.11 Å². The zero-order valence-electron chi connectivity index (χ0n) is 30.5. The highest BCUT2D eigenvalue weighted by molar-refractivity contribution is 14.1. The molecule has 2 saturated heterocycles. The predicted molar refractivity (Wildman–Crippen MR) is 225 cm³/mol. The van der Waals surface area contributed by atoms with Crippen molar-refractivity contribution in [2.24, 2.45) is 11.8 Å². The van der Waals surface area contributed by atoms with Crippen LogP contribution < -0.4 is 0 Å². The summed E-state index contributed by atoms with van der Waals surface area (Å²) in [5, 5.41) is 12.0. The molecule has 276 valence electrons. The smallest absolute Gasteiger partial charge is 0.0947 e. The number of nitrogens with zero attached hydrogens (tertiary/aromatic N) is 2. The maximum absolute atomic E-state index is 10.5. The first-order valence-electron chi connectivity index (χ1n) is 18.6. The molecule has 1 N–H and O–H groups in total. The summed E-state index contributed by atoms with van der Waals surface area (Å²) in [5.74, 6) is 1.52. The molecule has 0 saturated carbocycles. The summed E-state index contributed by atoms with van der Waals surface area (Å²) in [4.78, 5) is 6.96. The number of ether oxygens (including phenoxy) is 1. The Balaban J connectivity index is 0.000000218. The molecule has 4 atom stereocenters. The van der Waals surface area contributed by atoms with Gasteiger partial charge in [0.05, 0.1) is 12.2 Å². The van der Waals surface area contributed by atoms with Gasteiger partial charge >= 0.3 is 0 Å². The second kappa shape index (κ2) is 23.6. The average molecular weight is 844 g/mol. The van der Waals surface area contributed by atoms with Crippen molar-refractivity contribution >= 4 is 45.8 Å². The Bertz CT molecular complexity index is 1480. The Labute approximate surface area is 331 Å². The van der Waals surface area contributed by atoms with E-state index in [1.165, 1.54) is 74.7 Å². The second-order valence-corrected chi connectivity index (χ2v) is 14.8. The average Bonchev–Trinajstić information content (AvgIpc) is 3.18. The summed E-state index contributed by atoms with van der Waals surface area (Å²) in [6.45, 7) is 6.21. The van der Waals surface area contributed by atoms with Gasteiger partial charge in [0.25, 0.3) is 0 Å². The molecule has 2 heterocycles. The van der Waals surface area contributed by atoms with Gasteiger partial charge in [0.1, 0.15) is 0 Å². The Morgan fingerprint density at radius 3 is 1.53 bits per heavy atom. The summed E-state index contributed by atoms with van der Waals surface area (Å²) in [6.07, 6.45) is 9.70. The molecule has 4 nitrogen and oxygen atoms in total. The van der Waals surface area contributed by atoms with Crippen LogP contribution in [-0.4, -0.2) is 66.2 Å². The number of aliphatic hydroxyl groups is 1. The molecule has 2 aliphatic rings. The molecule has 6 rings (SSSR count). The zero-order chi connectivity index (χ0) is 36.3. The molecule has 0 bridgehead atoms. The molecule has 4 aromatic rings. The van der Waals surface area contributed by atoms with Gasteiger partial charge in [-0.05, 0) is 128 Å². The molecule has 51 heavy (non-hydrogen) atoms. The molecular formula is C44H57Cl2IN2O2. The highest BCUT2D eigenvalue weighted by Gasteiger charge is 2.24. The lowest BCUT2D eigenvalue weighted by Crippen LogP contribution is -2.38. The van der Waals surface area contributed by atoms with Crippen LogP contribution in [0.25, 0.3) is 0 Å². The highest BCUT2D eigenvalue weighted by atomic mass is 127. The van der Waals surface area contributed by atoms with E-state index in [4.69, 9.17) is 27.9 Å². The Morgan fingerprint density at radius 2 is 1.08 bits per heavy atom. The monoisotopic (exact) mass is 842 g/mol. The van der Waals surface area contributed by atoms with Gasteiger partial charge in [-0.1, -0.05) is 131 Å². The lowest BCUT2D eigenvalue weighted by Gasteiger charge is -2.35. The van der Waals surface area contributed by atoms with Crippen LogP contribution in [0.3, 0.4) is 0 Å². The van der Waals surface area contributed by atoms with Crippen molar-refractivity contribution in [3.8, 4) is 0 Å². The molecule has 7 heteroatoms. The Kier molecular flexibility index (Phi) is 19.4. The van der Waals surface area contributed by atoms with Gasteiger partial charge < -0.3 is 19.6 Å². The fraction of sp³-hybridized carbons (Fsp3) is 0.455. The van der Waals surface area contributed by atoms with Crippen molar-refractivity contribution in [2.45, 2.75) is 63.6 Å². The van der Waals surface area contributed by atoms with Crippen molar-refractivity contribution in [1.29, 1.82) is 0 Å². The molecular weight excluding hydrogens is 786 g/mol. The number of hydrogen-bond acceptors (Lipinski definition) is 4. The summed E-state index contributed by atoms with van der Waals surface area (Å²) in [5.41, 5.74) is 5.04. The van der Waals surface area contributed by atoms with Crippen LogP contribution in [0.4, 0.5) is 0 Å². The van der Waals surface area contributed by atoms with E-state index in [2.05, 4.69) is 105 Å². The first kappa shape index (κ1) is 41.8. The number of benzene rings is 4. The van der Waals surface area contributed by atoms with Gasteiger partial charge in [-0.15, -0.1) is 0 Å². The van der Waals surface area contributed by atoms with Crippen LogP contribution in [0.2, 0.25) is 10.0 Å². The maximum Gasteiger partial charge on any atom is 0.0947 e. The van der Waals surface area contributed by atoms with E-state index in [0.717, 1.165) is 48.5 Å². The minimum absolute atomic E-state index is 0.116. The van der Waals surface area contributed by atoms with Gasteiger partial charge in [0, 0.05) is 43.3 Å². The molecule has 2 fully saturated rings. The van der Waals surface area contributed by atoms with Gasteiger partial charge in [0.2, 0.25) is 0 Å². The van der Waals surface area contributed by atoms with Crippen LogP contribution in [0.5, 0.6) is 0 Å². The zero-order valence-corrected chi connectivity index (χ0v) is 34.2. The van der Waals surface area contributed by atoms with Gasteiger partial charge in [-0.25, -0.2) is 0 Å². The normalized spacial score (nSPS) is 19.2. The number of rotatable bonds is 13. The third kappa shape index (κ3) is 15.1. The number of β-amino-alcohol motifs (C(OH)–C–C–N with tert-alkyl or cyclic N) is 1. The number of aliphatic hydroxyl groups excluding tert-OH is 1. The number of piperidine rings is 2. The number of alkyl halides is 1. The minimum Gasteiger partial charge on any atom is -0.387 e. The SMILES string of the molecule is CI.COC(CN1CCC[C@@H](CCc2ccccc2)C1)c1ccc(Cl)cc1.OC(CN1CCC[C@@H](CCc2ccccc2)C1)c1ccc(Cl)cc1. The third-order valence-electron chi connectivity index (χ3n) is 10.2. The van der Waals surface area contributed by atoms with Crippen molar-refractivity contribution < 1.29 is 9.84 Å². The van der Waals surface area contributed by atoms with Crippen LogP contribution in [0, 0.1) is 11.8 Å². The molecule has 4 aromatic carbocycles. The first-order chi connectivity index (χ1) is 24.9. The van der Waals surface area contributed by atoms with E-state index < -0.39 is 6.10 Å². The van der Waals surface area contributed by atoms with Crippen LogP contribution in [-0.2, 0) is 17.6 Å². The van der Waals surface area contributed by atoms with E-state index in [9.17, 15) is 5.11 Å². The minimum atomic E-state index is -0.435. The summed E-state index contributed by atoms with van der Waals surface area (Å²) < 4.78 is 5.76. The standard InChI is InChI=1S/C22H28ClNO.C21H26ClNO.CH3I/c1-25-22(20-11-13-21(23)14-12-20)17-24-15-5-8-19(16-24)10-9-18-6-3-2-4-7-18;22-20-12-10-19(11-13-20)21(24)16-23-14-4-7-18(15-23)9-8-17-5-2-1-3-6-17;1-2/h2-4,6-7,11-14,19,22H,5,8-10,15-17H2,1H3;1-3,5-6,10-13,18,21,24H,4,7-9,14-16H2;1H3/t19-,22?;18-,21?;/m00./s1. The Hall–Kier alpha value is -1.97. The van der Waals surface area contributed by atoms with Crippen LogP contribution in [0.1, 0.15) is 73.0 Å². The quantitative estimate of drug-likeness (QED) is 0.107. The molecule has 2 aliphatic heterocycles. The lowest BCUT2D eigenvalue weighted by atomic mass is 9.91. The van der Waals surface area contributed by atoms with E-state index in [1.807, 2.05) is 41.3 Å². The van der Waals surface area contributed by atoms with Crippen LogP contribution in [0.15, 0.2) is 109 Å². The first-order valence-corrected chi connectivity index (χ1v) is 21.5. The molecule has 0 spiro atoms. The van der Waals surface area contributed by atoms with Gasteiger partial charge in [-0.2, -0.15) is 0 Å². The van der Waals surface area contributed by atoms with Crippen molar-refractivity contribution in [2.75, 3.05) is 51.3 Å². The van der Waals surface area contributed by atoms with Gasteiger partial charge in [-0.3, -0.25) is 0 Å². The van der Waals surface area contributed by atoms with Crippen molar-refractivity contribution in [1.82, 2.24) is 9.80 Å². The van der Waals surface area contributed by atoms with E-state index >= 15 is 0 Å². The molecule has 0 aromatic heterocycles. The maximum atomic E-state index is 10.5. The number of halogens is 3. The summed E-state index contributed by atoms with van der Waals surface area (Å²) in [7, 11) is 1.80. The topological polar surface area (TPSA) is 35.9 Å². The molecule has 0 aliphatic carbocycles. The molecule has 0 amide bonds. The second-order valence-electron chi connectivity index (χ2n) is 13.9. The number of aryl methyl sites for hydroxylation is 2. The van der Waals surface area contributed by atoms with E-state index in [-0.39, 0.29) is 6.10 Å². The lowest BCUT2D eigenvalue weighted by molar-refractivity contribution is 0.0465. The number of likely N-dealkylation sites (tertiary alicyclic amines) is 2. The van der Waals surface area contributed by atoms with Gasteiger partial charge in [0.15, 0.2) is 0 Å². The van der Waals surface area contributed by atoms with Crippen molar-refractivity contribution in [3.63, 3.8) is 0 Å². The fourth-order valence-electron chi connectivity index (χ4n) is 7.40. The summed E-state index contributed by atoms with van der Waals surface area (Å²) in [6, 6.07) is 37.2. The van der Waals surface area contributed by atoms with Crippen LogP contribution >= 0.6 is 45.8 Å². The van der Waals surface area contributed by atoms with E-state index in [0.29, 0.717) is 11.6 Å². The predicted octanol–water partition coefficient (Wildman–Crippen LogP) is 11.1. The number of hydrogen-bond donors (Lipinski definition) is 1. The number of methoxy groups -OCH3 is 1. The summed E-state index contributed by atoms with van der Waals surface area (Å²) >= 11 is 14.1. The molecule has 0 radical (unpaired) electrons.